The first-order valence-corrected chi connectivity index (χ1v) is 7.96. The van der Waals surface area contributed by atoms with Gasteiger partial charge in [0.1, 0.15) is 5.60 Å². The summed E-state index contributed by atoms with van der Waals surface area (Å²) in [5.41, 5.74) is 6.03. The van der Waals surface area contributed by atoms with E-state index >= 15 is 0 Å². The van der Waals surface area contributed by atoms with Crippen molar-refractivity contribution in [3.8, 4) is 0 Å². The molecule has 1 aliphatic carbocycles. The quantitative estimate of drug-likeness (QED) is 0.741. The molecule has 1 spiro atoms. The average molecular weight is 282 g/mol. The fourth-order valence-electron chi connectivity index (χ4n) is 3.72. The zero-order valence-corrected chi connectivity index (χ0v) is 13.4. The van der Waals surface area contributed by atoms with Crippen LogP contribution in [0, 0.1) is 5.41 Å². The number of nitrogens with two attached hydrogens (primary N) is 1. The van der Waals surface area contributed by atoms with Crippen LogP contribution in [0.2, 0.25) is 0 Å². The third-order valence-electron chi connectivity index (χ3n) is 4.86. The van der Waals surface area contributed by atoms with Crippen LogP contribution >= 0.6 is 0 Å². The van der Waals surface area contributed by atoms with Crippen molar-refractivity contribution in [1.82, 2.24) is 4.90 Å². The first-order chi connectivity index (χ1) is 9.21. The van der Waals surface area contributed by atoms with Gasteiger partial charge in [-0.15, -0.1) is 0 Å². The molecule has 1 unspecified atom stereocenters. The molecule has 2 N–H and O–H groups in total. The van der Waals surface area contributed by atoms with Crippen LogP contribution in [0.15, 0.2) is 0 Å². The minimum absolute atomic E-state index is 0.160. The molecule has 1 heterocycles. The van der Waals surface area contributed by atoms with Crippen LogP contribution in [-0.4, -0.2) is 35.2 Å². The number of hydrogen-bond donors (Lipinski definition) is 1. The van der Waals surface area contributed by atoms with E-state index in [0.29, 0.717) is 11.5 Å². The van der Waals surface area contributed by atoms with Gasteiger partial charge in [0.25, 0.3) is 0 Å². The molecule has 2 aliphatic rings. The van der Waals surface area contributed by atoms with Crippen LogP contribution in [0.5, 0.6) is 0 Å². The standard InChI is InChI=1S/C16H30N2O2/c1-12-11-16(7-5-13(17)6-8-16)9-10-18(12)14(19)20-15(2,3)4/h12-13H,5-11,17H2,1-4H3. The normalized spacial score (nSPS) is 35.1. The van der Waals surface area contributed by atoms with Crippen LogP contribution in [0.3, 0.4) is 0 Å². The maximum atomic E-state index is 12.2. The third-order valence-corrected chi connectivity index (χ3v) is 4.86. The maximum Gasteiger partial charge on any atom is 0.410 e. The molecule has 20 heavy (non-hydrogen) atoms. The number of rotatable bonds is 0. The Balaban J connectivity index is 1.94. The molecule has 0 aromatic carbocycles. The van der Waals surface area contributed by atoms with Gasteiger partial charge in [-0.1, -0.05) is 0 Å². The van der Waals surface area contributed by atoms with Crippen LogP contribution in [0.1, 0.15) is 66.2 Å². The fourth-order valence-corrected chi connectivity index (χ4v) is 3.72. The predicted octanol–water partition coefficient (Wildman–Crippen LogP) is 3.29. The molecule has 1 saturated carbocycles. The lowest BCUT2D eigenvalue weighted by molar-refractivity contribution is -0.0138. The second kappa shape index (κ2) is 5.55. The first kappa shape index (κ1) is 15.6. The lowest BCUT2D eigenvalue weighted by Gasteiger charge is -2.48. The smallest absolute Gasteiger partial charge is 0.410 e. The van der Waals surface area contributed by atoms with Gasteiger partial charge in [0, 0.05) is 18.6 Å². The maximum absolute atomic E-state index is 12.2. The Morgan fingerprint density at radius 3 is 2.35 bits per heavy atom. The van der Waals surface area contributed by atoms with Gasteiger partial charge in [0.05, 0.1) is 0 Å². The Bertz CT molecular complexity index is 354. The molecular weight excluding hydrogens is 252 g/mol. The Morgan fingerprint density at radius 2 is 1.85 bits per heavy atom. The van der Waals surface area contributed by atoms with Gasteiger partial charge >= 0.3 is 6.09 Å². The van der Waals surface area contributed by atoms with Crippen molar-refractivity contribution in [1.29, 1.82) is 0 Å². The monoisotopic (exact) mass is 282 g/mol. The van der Waals surface area contributed by atoms with Gasteiger partial charge < -0.3 is 15.4 Å². The van der Waals surface area contributed by atoms with E-state index in [1.165, 1.54) is 12.8 Å². The summed E-state index contributed by atoms with van der Waals surface area (Å²) in [5.74, 6) is 0. The lowest BCUT2D eigenvalue weighted by Crippen LogP contribution is -2.51. The summed E-state index contributed by atoms with van der Waals surface area (Å²) >= 11 is 0. The van der Waals surface area contributed by atoms with Gasteiger partial charge in [0.15, 0.2) is 0 Å². The largest absolute Gasteiger partial charge is 0.444 e. The molecule has 116 valence electrons. The van der Waals surface area contributed by atoms with Crippen molar-refractivity contribution in [2.75, 3.05) is 6.54 Å². The number of hydrogen-bond acceptors (Lipinski definition) is 3. The average Bonchev–Trinajstić information content (AvgIpc) is 2.31. The number of nitrogens with zero attached hydrogens (tertiary/aromatic N) is 1. The van der Waals surface area contributed by atoms with Gasteiger partial charge in [-0.2, -0.15) is 0 Å². The van der Waals surface area contributed by atoms with Crippen molar-refractivity contribution >= 4 is 6.09 Å². The van der Waals surface area contributed by atoms with E-state index in [1.807, 2.05) is 25.7 Å². The second-order valence-corrected chi connectivity index (χ2v) is 7.81. The predicted molar refractivity (Wildman–Crippen MR) is 80.5 cm³/mol. The Morgan fingerprint density at radius 1 is 1.25 bits per heavy atom. The summed E-state index contributed by atoms with van der Waals surface area (Å²) in [7, 11) is 0. The van der Waals surface area contributed by atoms with Crippen LogP contribution in [-0.2, 0) is 4.74 Å². The van der Waals surface area contributed by atoms with E-state index in [2.05, 4.69) is 6.92 Å². The van der Waals surface area contributed by atoms with E-state index < -0.39 is 5.60 Å². The number of amides is 1. The highest BCUT2D eigenvalue weighted by Crippen LogP contribution is 2.46. The minimum atomic E-state index is -0.413. The molecule has 1 aliphatic heterocycles. The summed E-state index contributed by atoms with van der Waals surface area (Å²) in [6.45, 7) is 8.74. The second-order valence-electron chi connectivity index (χ2n) is 7.81. The van der Waals surface area contributed by atoms with E-state index in [9.17, 15) is 4.79 Å². The highest BCUT2D eigenvalue weighted by Gasteiger charge is 2.42. The van der Waals surface area contributed by atoms with E-state index in [0.717, 1.165) is 32.2 Å². The summed E-state index contributed by atoms with van der Waals surface area (Å²) in [4.78, 5) is 14.1. The van der Waals surface area contributed by atoms with Crippen molar-refractivity contribution in [3.63, 3.8) is 0 Å². The van der Waals surface area contributed by atoms with Gasteiger partial charge in [0.2, 0.25) is 0 Å². The van der Waals surface area contributed by atoms with Crippen LogP contribution in [0.4, 0.5) is 4.79 Å². The first-order valence-electron chi connectivity index (χ1n) is 7.96. The third kappa shape index (κ3) is 3.66. The van der Waals surface area contributed by atoms with Crippen molar-refractivity contribution < 1.29 is 9.53 Å². The SMILES string of the molecule is CC1CC2(CCC(N)CC2)CCN1C(=O)OC(C)(C)C. The molecule has 4 nitrogen and oxygen atoms in total. The highest BCUT2D eigenvalue weighted by molar-refractivity contribution is 5.68. The summed E-state index contributed by atoms with van der Waals surface area (Å²) in [6.07, 6.45) is 6.76. The molecule has 0 aromatic heterocycles. The zero-order valence-electron chi connectivity index (χ0n) is 13.4. The van der Waals surface area contributed by atoms with Gasteiger partial charge in [-0.25, -0.2) is 4.79 Å². The summed E-state index contributed by atoms with van der Waals surface area (Å²) < 4.78 is 5.51. The van der Waals surface area contributed by atoms with Gasteiger partial charge in [-0.05, 0) is 71.6 Å². The molecule has 0 aromatic rings. The zero-order chi connectivity index (χ0) is 15.0. The number of ether oxygens (including phenoxy) is 1. The lowest BCUT2D eigenvalue weighted by atomic mass is 9.65. The van der Waals surface area contributed by atoms with Crippen molar-refractivity contribution in [2.45, 2.75) is 83.9 Å². The van der Waals surface area contributed by atoms with Crippen LogP contribution < -0.4 is 5.73 Å². The number of carbonyl (C=O) groups is 1. The van der Waals surface area contributed by atoms with Crippen LogP contribution in [0.25, 0.3) is 0 Å². The molecule has 0 radical (unpaired) electrons. The van der Waals surface area contributed by atoms with E-state index in [-0.39, 0.29) is 12.1 Å². The summed E-state index contributed by atoms with van der Waals surface area (Å²) in [6, 6.07) is 0.660. The molecule has 2 fully saturated rings. The molecule has 1 saturated heterocycles. The van der Waals surface area contributed by atoms with E-state index in [1.54, 1.807) is 0 Å². The number of piperidine rings is 1. The highest BCUT2D eigenvalue weighted by atomic mass is 16.6. The van der Waals surface area contributed by atoms with Gasteiger partial charge in [-0.3, -0.25) is 0 Å². The Hall–Kier alpha value is -0.770. The molecule has 0 bridgehead atoms. The summed E-state index contributed by atoms with van der Waals surface area (Å²) in [5, 5.41) is 0. The Labute approximate surface area is 123 Å². The van der Waals surface area contributed by atoms with E-state index in [4.69, 9.17) is 10.5 Å². The molecule has 2 rings (SSSR count). The van der Waals surface area contributed by atoms with Crippen molar-refractivity contribution in [3.05, 3.63) is 0 Å². The fraction of sp³-hybridized carbons (Fsp3) is 0.938. The minimum Gasteiger partial charge on any atom is -0.444 e. The van der Waals surface area contributed by atoms with Crippen molar-refractivity contribution in [2.24, 2.45) is 11.1 Å². The Kier molecular flexibility index (Phi) is 4.33. The molecule has 1 amide bonds. The number of carbonyl (C=O) groups excluding carboxylic acids is 1. The number of likely N-dealkylation sites (tertiary alicyclic amines) is 1. The molecule has 1 atom stereocenters. The molecular formula is C16H30N2O2. The molecule has 4 heteroatoms. The topological polar surface area (TPSA) is 55.6 Å².